The first-order valence-corrected chi connectivity index (χ1v) is 10.9. The second kappa shape index (κ2) is 10.5. The molecule has 2 heterocycles. The summed E-state index contributed by atoms with van der Waals surface area (Å²) in [6.07, 6.45) is 6.62. The highest BCUT2D eigenvalue weighted by Crippen LogP contribution is 2.30. The summed E-state index contributed by atoms with van der Waals surface area (Å²) in [4.78, 5) is 27.8. The van der Waals surface area contributed by atoms with Crippen molar-refractivity contribution in [2.24, 2.45) is 0 Å². The van der Waals surface area contributed by atoms with Gasteiger partial charge in [0.2, 0.25) is 11.8 Å². The number of carbonyl (C=O) groups excluding carboxylic acids is 2. The molecule has 1 fully saturated rings. The van der Waals surface area contributed by atoms with Crippen molar-refractivity contribution in [2.45, 2.75) is 37.1 Å². The summed E-state index contributed by atoms with van der Waals surface area (Å²) >= 11 is 1.50. The first-order chi connectivity index (χ1) is 13.7. The van der Waals surface area contributed by atoms with E-state index in [2.05, 4.69) is 5.32 Å². The number of carbonyl (C=O) groups is 2. The number of rotatable bonds is 8. The summed E-state index contributed by atoms with van der Waals surface area (Å²) in [5, 5.41) is 3.92. The molecule has 152 valence electrons. The Kier molecular flexibility index (Phi) is 7.80. The Balaban J connectivity index is 1.68. The van der Waals surface area contributed by atoms with Crippen molar-refractivity contribution in [1.82, 2.24) is 14.8 Å². The number of hydrogen-bond donors (Lipinski definition) is 1. The molecule has 0 bridgehead atoms. The van der Waals surface area contributed by atoms with Gasteiger partial charge in [-0.1, -0.05) is 31.0 Å². The standard InChI is InChI=1S/C21H29N3O3S/c1-27-13-10-22-20(25)16-28-19-14-24(18-9-5-4-8-17(18)19)15-21(26)23-11-6-2-3-7-12-23/h4-5,8-9,14H,2-3,6-7,10-13,15-16H2,1H3,(H,22,25). The zero-order valence-corrected chi connectivity index (χ0v) is 17.3. The maximum atomic E-state index is 12.8. The molecule has 2 amide bonds. The third-order valence-electron chi connectivity index (χ3n) is 5.00. The largest absolute Gasteiger partial charge is 0.383 e. The van der Waals surface area contributed by atoms with Gasteiger partial charge in [-0.3, -0.25) is 9.59 Å². The molecule has 0 aliphatic carbocycles. The number of nitrogens with zero attached hydrogens (tertiary/aromatic N) is 2. The number of hydrogen-bond acceptors (Lipinski definition) is 4. The molecule has 1 saturated heterocycles. The molecule has 0 radical (unpaired) electrons. The topological polar surface area (TPSA) is 63.6 Å². The fourth-order valence-electron chi connectivity index (χ4n) is 3.51. The quantitative estimate of drug-likeness (QED) is 0.544. The molecule has 1 aromatic heterocycles. The predicted molar refractivity (Wildman–Crippen MR) is 113 cm³/mol. The second-order valence-electron chi connectivity index (χ2n) is 7.06. The van der Waals surface area contributed by atoms with Gasteiger partial charge in [0.25, 0.3) is 0 Å². The second-order valence-corrected chi connectivity index (χ2v) is 8.08. The fourth-order valence-corrected chi connectivity index (χ4v) is 4.43. The van der Waals surface area contributed by atoms with Gasteiger partial charge in [-0.2, -0.15) is 0 Å². The van der Waals surface area contributed by atoms with Crippen LogP contribution in [0.4, 0.5) is 0 Å². The minimum absolute atomic E-state index is 0.0143. The van der Waals surface area contributed by atoms with Gasteiger partial charge < -0.3 is 19.5 Å². The van der Waals surface area contributed by atoms with Gasteiger partial charge in [-0.15, -0.1) is 11.8 Å². The number of fused-ring (bicyclic) bond motifs is 1. The Morgan fingerprint density at radius 2 is 1.89 bits per heavy atom. The molecule has 7 heteroatoms. The summed E-state index contributed by atoms with van der Waals surface area (Å²) < 4.78 is 6.97. The van der Waals surface area contributed by atoms with Crippen molar-refractivity contribution in [1.29, 1.82) is 0 Å². The lowest BCUT2D eigenvalue weighted by Crippen LogP contribution is -2.34. The Labute approximate surface area is 170 Å². The number of likely N-dealkylation sites (tertiary alicyclic amines) is 1. The van der Waals surface area contributed by atoms with E-state index in [0.717, 1.165) is 41.7 Å². The molecule has 1 aromatic carbocycles. The Morgan fingerprint density at radius 3 is 2.64 bits per heavy atom. The molecule has 1 aliphatic heterocycles. The zero-order chi connectivity index (χ0) is 19.8. The minimum atomic E-state index is -0.0143. The Bertz CT molecular complexity index is 797. The van der Waals surface area contributed by atoms with Gasteiger partial charge in [0.15, 0.2) is 0 Å². The van der Waals surface area contributed by atoms with Crippen LogP contribution in [0.25, 0.3) is 10.9 Å². The summed E-state index contributed by atoms with van der Waals surface area (Å²) in [6, 6.07) is 8.06. The van der Waals surface area contributed by atoms with Gasteiger partial charge in [-0.25, -0.2) is 0 Å². The lowest BCUT2D eigenvalue weighted by molar-refractivity contribution is -0.131. The predicted octanol–water partition coefficient (Wildman–Crippen LogP) is 2.90. The van der Waals surface area contributed by atoms with Gasteiger partial charge in [-0.05, 0) is 18.9 Å². The Hall–Kier alpha value is -1.99. The van der Waals surface area contributed by atoms with Gasteiger partial charge in [0.05, 0.1) is 12.4 Å². The molecule has 6 nitrogen and oxygen atoms in total. The van der Waals surface area contributed by atoms with E-state index in [1.54, 1.807) is 7.11 Å². The van der Waals surface area contributed by atoms with Gasteiger partial charge >= 0.3 is 0 Å². The smallest absolute Gasteiger partial charge is 0.242 e. The molecule has 3 rings (SSSR count). The van der Waals surface area contributed by atoms with Crippen molar-refractivity contribution >= 4 is 34.5 Å². The molecule has 28 heavy (non-hydrogen) atoms. The van der Waals surface area contributed by atoms with Crippen LogP contribution in [0.3, 0.4) is 0 Å². The van der Waals surface area contributed by atoms with E-state index in [4.69, 9.17) is 4.74 Å². The number of methoxy groups -OCH3 is 1. The van der Waals surface area contributed by atoms with Gasteiger partial charge in [0.1, 0.15) is 6.54 Å². The maximum Gasteiger partial charge on any atom is 0.242 e. The van der Waals surface area contributed by atoms with Crippen LogP contribution in [0.15, 0.2) is 35.4 Å². The number of aromatic nitrogens is 1. The molecule has 1 aliphatic rings. The average Bonchev–Trinajstić information content (AvgIpc) is 2.87. The van der Waals surface area contributed by atoms with Crippen LogP contribution in [-0.4, -0.2) is 60.4 Å². The summed E-state index contributed by atoms with van der Waals surface area (Å²) in [6.45, 7) is 3.10. The van der Waals surface area contributed by atoms with Crippen molar-refractivity contribution in [3.8, 4) is 0 Å². The maximum absolute atomic E-state index is 12.8. The lowest BCUT2D eigenvalue weighted by atomic mass is 10.2. The number of para-hydroxylation sites is 1. The highest BCUT2D eigenvalue weighted by molar-refractivity contribution is 8.00. The molecular formula is C21H29N3O3S. The molecule has 2 aromatic rings. The van der Waals surface area contributed by atoms with Gasteiger partial charge in [0, 0.05) is 48.7 Å². The molecule has 0 spiro atoms. The van der Waals surface area contributed by atoms with Crippen LogP contribution in [0.2, 0.25) is 0 Å². The van der Waals surface area contributed by atoms with E-state index in [1.165, 1.54) is 24.6 Å². The van der Waals surface area contributed by atoms with E-state index in [0.29, 0.717) is 25.4 Å². The summed E-state index contributed by atoms with van der Waals surface area (Å²) in [5.41, 5.74) is 1.04. The van der Waals surface area contributed by atoms with Crippen molar-refractivity contribution in [3.05, 3.63) is 30.5 Å². The SMILES string of the molecule is COCCNC(=O)CSc1cn(CC(=O)N2CCCCCC2)c2ccccc12. The number of benzene rings is 1. The Morgan fingerprint density at radius 1 is 1.14 bits per heavy atom. The van der Waals surface area contributed by atoms with Crippen LogP contribution >= 0.6 is 11.8 Å². The number of nitrogens with one attached hydrogen (secondary N) is 1. The molecule has 0 atom stereocenters. The normalized spacial score (nSPS) is 14.8. The third-order valence-corrected chi connectivity index (χ3v) is 6.05. The lowest BCUT2D eigenvalue weighted by Gasteiger charge is -2.20. The van der Waals surface area contributed by atoms with Crippen molar-refractivity contribution in [2.75, 3.05) is 39.1 Å². The fraction of sp³-hybridized carbons (Fsp3) is 0.524. The van der Waals surface area contributed by atoms with E-state index in [-0.39, 0.29) is 11.8 Å². The van der Waals surface area contributed by atoms with Crippen LogP contribution in [0.5, 0.6) is 0 Å². The van der Waals surface area contributed by atoms with Crippen LogP contribution in [0, 0.1) is 0 Å². The minimum Gasteiger partial charge on any atom is -0.383 e. The number of thioether (sulfide) groups is 1. The monoisotopic (exact) mass is 403 g/mol. The van der Waals surface area contributed by atoms with Crippen LogP contribution in [-0.2, 0) is 20.9 Å². The van der Waals surface area contributed by atoms with Crippen LogP contribution < -0.4 is 5.32 Å². The molecule has 0 saturated carbocycles. The molecule has 0 unspecified atom stereocenters. The van der Waals surface area contributed by atoms with E-state index in [9.17, 15) is 9.59 Å². The zero-order valence-electron chi connectivity index (χ0n) is 16.5. The molecular weight excluding hydrogens is 374 g/mol. The number of amides is 2. The van der Waals surface area contributed by atoms with Crippen molar-refractivity contribution in [3.63, 3.8) is 0 Å². The van der Waals surface area contributed by atoms with E-state index < -0.39 is 0 Å². The first kappa shape index (κ1) is 20.7. The van der Waals surface area contributed by atoms with E-state index >= 15 is 0 Å². The third kappa shape index (κ3) is 5.52. The summed E-state index contributed by atoms with van der Waals surface area (Å²) in [7, 11) is 1.61. The van der Waals surface area contributed by atoms with E-state index in [1.807, 2.05) is 39.9 Å². The first-order valence-electron chi connectivity index (χ1n) is 9.93. The highest BCUT2D eigenvalue weighted by Gasteiger charge is 2.18. The molecule has 1 N–H and O–H groups in total. The average molecular weight is 404 g/mol. The summed E-state index contributed by atoms with van der Waals surface area (Å²) in [5.74, 6) is 0.508. The van der Waals surface area contributed by atoms with Crippen LogP contribution in [0.1, 0.15) is 25.7 Å². The highest BCUT2D eigenvalue weighted by atomic mass is 32.2. The van der Waals surface area contributed by atoms with Crippen molar-refractivity contribution < 1.29 is 14.3 Å². The number of ether oxygens (including phenoxy) is 1.